The van der Waals surface area contributed by atoms with Crippen LogP contribution in [0.2, 0.25) is 0 Å². The number of nitrogens with zero attached hydrogens (tertiary/aromatic N) is 3. The molecule has 0 saturated carbocycles. The summed E-state index contributed by atoms with van der Waals surface area (Å²) in [4.78, 5) is 17.3. The van der Waals surface area contributed by atoms with E-state index in [4.69, 9.17) is 4.42 Å². The van der Waals surface area contributed by atoms with Crippen LogP contribution in [-0.2, 0) is 6.54 Å². The van der Waals surface area contributed by atoms with Crippen molar-refractivity contribution >= 4 is 22.7 Å². The number of nitrogens with one attached hydrogen (secondary N) is 1. The van der Waals surface area contributed by atoms with Crippen molar-refractivity contribution in [2.24, 2.45) is 0 Å². The number of fused-ring (bicyclic) bond motifs is 1. The Hall–Kier alpha value is -3.41. The molecule has 0 saturated heterocycles. The fourth-order valence-electron chi connectivity index (χ4n) is 2.92. The van der Waals surface area contributed by atoms with Crippen LogP contribution < -0.4 is 5.32 Å². The van der Waals surface area contributed by atoms with Crippen LogP contribution in [0.25, 0.3) is 11.1 Å². The smallest absolute Gasteiger partial charge is 0.256 e. The van der Waals surface area contributed by atoms with Crippen molar-refractivity contribution in [2.45, 2.75) is 26.3 Å². The van der Waals surface area contributed by atoms with Gasteiger partial charge < -0.3 is 9.73 Å². The zero-order valence-electron chi connectivity index (χ0n) is 15.2. The summed E-state index contributed by atoms with van der Waals surface area (Å²) in [5, 5.41) is 7.17. The fraction of sp³-hybridized carbons (Fsp3) is 0.190. The first kappa shape index (κ1) is 17.0. The van der Waals surface area contributed by atoms with Crippen LogP contribution in [-0.4, -0.2) is 20.7 Å². The molecule has 2 aromatic heterocycles. The number of carbonyl (C=O) groups excluding carboxylic acids is 1. The van der Waals surface area contributed by atoms with Gasteiger partial charge in [0.1, 0.15) is 5.52 Å². The Morgan fingerprint density at radius 3 is 2.81 bits per heavy atom. The summed E-state index contributed by atoms with van der Waals surface area (Å²) >= 11 is 0. The highest BCUT2D eigenvalue weighted by molar-refractivity contribution is 6.05. The van der Waals surface area contributed by atoms with Gasteiger partial charge in [-0.15, -0.1) is 0 Å². The minimum atomic E-state index is -0.162. The topological polar surface area (TPSA) is 73.0 Å². The molecule has 2 heterocycles. The molecule has 0 aliphatic heterocycles. The lowest BCUT2D eigenvalue weighted by Crippen LogP contribution is -2.15. The summed E-state index contributed by atoms with van der Waals surface area (Å²) in [7, 11) is 0. The van der Waals surface area contributed by atoms with Gasteiger partial charge in [-0.1, -0.05) is 32.0 Å². The quantitative estimate of drug-likeness (QED) is 0.571. The third-order valence-electron chi connectivity index (χ3n) is 4.31. The maximum absolute atomic E-state index is 12.8. The second-order valence-electron chi connectivity index (χ2n) is 6.70. The molecule has 0 bridgehead atoms. The molecule has 0 atom stereocenters. The van der Waals surface area contributed by atoms with Gasteiger partial charge >= 0.3 is 0 Å². The van der Waals surface area contributed by atoms with Crippen molar-refractivity contribution in [2.75, 3.05) is 5.32 Å². The van der Waals surface area contributed by atoms with Crippen molar-refractivity contribution in [3.05, 3.63) is 77.9 Å². The summed E-state index contributed by atoms with van der Waals surface area (Å²) in [5.41, 5.74) is 3.67. The third-order valence-corrected chi connectivity index (χ3v) is 4.31. The lowest BCUT2D eigenvalue weighted by atomic mass is 10.1. The molecule has 2 aromatic carbocycles. The van der Waals surface area contributed by atoms with Gasteiger partial charge in [-0.25, -0.2) is 4.98 Å². The van der Waals surface area contributed by atoms with Crippen molar-refractivity contribution in [3.63, 3.8) is 0 Å². The highest BCUT2D eigenvalue weighted by atomic mass is 16.3. The van der Waals surface area contributed by atoms with Gasteiger partial charge in [0, 0.05) is 29.6 Å². The summed E-state index contributed by atoms with van der Waals surface area (Å²) in [6, 6.07) is 14.9. The van der Waals surface area contributed by atoms with Gasteiger partial charge in [0.25, 0.3) is 5.91 Å². The summed E-state index contributed by atoms with van der Waals surface area (Å²) in [6.07, 6.45) is 3.60. The molecule has 136 valence electrons. The Bertz CT molecular complexity index is 1080. The van der Waals surface area contributed by atoms with E-state index in [9.17, 15) is 4.79 Å². The molecule has 0 radical (unpaired) electrons. The molecule has 0 spiro atoms. The first-order valence-electron chi connectivity index (χ1n) is 8.87. The molecule has 27 heavy (non-hydrogen) atoms. The average Bonchev–Trinajstić information content (AvgIpc) is 3.31. The second-order valence-corrected chi connectivity index (χ2v) is 6.70. The van der Waals surface area contributed by atoms with E-state index < -0.39 is 0 Å². The normalized spacial score (nSPS) is 11.2. The molecule has 4 aromatic rings. The molecule has 6 nitrogen and oxygen atoms in total. The number of hydrogen-bond donors (Lipinski definition) is 1. The first-order valence-corrected chi connectivity index (χ1v) is 8.87. The summed E-state index contributed by atoms with van der Waals surface area (Å²) in [6.45, 7) is 4.60. The Kier molecular flexibility index (Phi) is 4.46. The number of oxazole rings is 1. The number of hydrogen-bond acceptors (Lipinski definition) is 4. The number of amides is 1. The van der Waals surface area contributed by atoms with Gasteiger partial charge in [0.05, 0.1) is 6.54 Å². The Balaban J connectivity index is 1.58. The number of aromatic nitrogens is 3. The third kappa shape index (κ3) is 3.60. The van der Waals surface area contributed by atoms with Gasteiger partial charge in [0.2, 0.25) is 0 Å². The predicted molar refractivity (Wildman–Crippen MR) is 104 cm³/mol. The van der Waals surface area contributed by atoms with E-state index in [2.05, 4.69) is 15.4 Å². The predicted octanol–water partition coefficient (Wildman–Crippen LogP) is 4.45. The van der Waals surface area contributed by atoms with E-state index >= 15 is 0 Å². The molecule has 1 amide bonds. The molecule has 6 heteroatoms. The van der Waals surface area contributed by atoms with Crippen molar-refractivity contribution < 1.29 is 9.21 Å². The van der Waals surface area contributed by atoms with Crippen LogP contribution in [0.1, 0.15) is 41.6 Å². The Morgan fingerprint density at radius 2 is 2.04 bits per heavy atom. The van der Waals surface area contributed by atoms with Gasteiger partial charge in [0.15, 0.2) is 11.5 Å². The minimum Gasteiger partial charge on any atom is -0.440 e. The number of benzene rings is 2. The lowest BCUT2D eigenvalue weighted by Gasteiger charge is -2.10. The monoisotopic (exact) mass is 360 g/mol. The summed E-state index contributed by atoms with van der Waals surface area (Å²) < 4.78 is 7.51. The van der Waals surface area contributed by atoms with Crippen LogP contribution in [0.5, 0.6) is 0 Å². The van der Waals surface area contributed by atoms with E-state index in [-0.39, 0.29) is 11.8 Å². The zero-order chi connectivity index (χ0) is 18.8. The highest BCUT2D eigenvalue weighted by Crippen LogP contribution is 2.24. The van der Waals surface area contributed by atoms with E-state index in [1.165, 1.54) is 0 Å². The fourth-order valence-corrected chi connectivity index (χ4v) is 2.92. The molecule has 0 aliphatic rings. The number of rotatable bonds is 5. The Morgan fingerprint density at radius 1 is 1.19 bits per heavy atom. The largest absolute Gasteiger partial charge is 0.440 e. The van der Waals surface area contributed by atoms with Crippen LogP contribution >= 0.6 is 0 Å². The number of carbonyl (C=O) groups is 1. The standard InChI is InChI=1S/C21H20N4O2/c1-14(2)21-24-18-12-16(8-9-19(18)27-21)23-20(26)17-7-4-3-6-15(17)13-25-11-5-10-22-25/h3-12,14H,13H2,1-2H3,(H,23,26). The molecule has 0 aliphatic carbocycles. The molecule has 4 rings (SSSR count). The molecular weight excluding hydrogens is 340 g/mol. The van der Waals surface area contributed by atoms with Gasteiger partial charge in [-0.05, 0) is 35.9 Å². The summed E-state index contributed by atoms with van der Waals surface area (Å²) in [5.74, 6) is 0.743. The lowest BCUT2D eigenvalue weighted by molar-refractivity contribution is 0.102. The van der Waals surface area contributed by atoms with E-state index in [0.717, 1.165) is 16.7 Å². The maximum Gasteiger partial charge on any atom is 0.256 e. The van der Waals surface area contributed by atoms with Crippen LogP contribution in [0.15, 0.2) is 65.3 Å². The molecular formula is C21H20N4O2. The minimum absolute atomic E-state index is 0.162. The molecule has 1 N–H and O–H groups in total. The first-order chi connectivity index (χ1) is 13.1. The van der Waals surface area contributed by atoms with Crippen LogP contribution in [0.3, 0.4) is 0 Å². The van der Waals surface area contributed by atoms with E-state index in [1.54, 1.807) is 10.9 Å². The average molecular weight is 360 g/mol. The Labute approximate surface area is 156 Å². The maximum atomic E-state index is 12.8. The van der Waals surface area contributed by atoms with E-state index in [0.29, 0.717) is 23.7 Å². The highest BCUT2D eigenvalue weighted by Gasteiger charge is 2.14. The van der Waals surface area contributed by atoms with Crippen LogP contribution in [0, 0.1) is 0 Å². The molecule has 0 unspecified atom stereocenters. The van der Waals surface area contributed by atoms with E-state index in [1.807, 2.05) is 68.6 Å². The zero-order valence-corrected chi connectivity index (χ0v) is 15.2. The molecule has 0 fully saturated rings. The van der Waals surface area contributed by atoms with Gasteiger partial charge in [-0.3, -0.25) is 9.48 Å². The second kappa shape index (κ2) is 7.07. The number of anilines is 1. The van der Waals surface area contributed by atoms with Crippen molar-refractivity contribution in [1.29, 1.82) is 0 Å². The van der Waals surface area contributed by atoms with Crippen LogP contribution in [0.4, 0.5) is 5.69 Å². The van der Waals surface area contributed by atoms with Crippen molar-refractivity contribution in [1.82, 2.24) is 14.8 Å². The SMILES string of the molecule is CC(C)c1nc2cc(NC(=O)c3ccccc3Cn3cccn3)ccc2o1. The van der Waals surface area contributed by atoms with Crippen molar-refractivity contribution in [3.8, 4) is 0 Å². The van der Waals surface area contributed by atoms with Gasteiger partial charge in [-0.2, -0.15) is 5.10 Å².